The van der Waals surface area contributed by atoms with Crippen molar-refractivity contribution in [2.45, 2.75) is 25.3 Å². The first-order valence-corrected chi connectivity index (χ1v) is 11.0. The number of anilines is 2. The van der Waals surface area contributed by atoms with Crippen LogP contribution >= 0.6 is 0 Å². The molecule has 0 saturated carbocycles. The smallest absolute Gasteiger partial charge is 0.337 e. The molecule has 30 heavy (non-hydrogen) atoms. The lowest BCUT2D eigenvalue weighted by atomic mass is 10.1. The molecule has 0 aromatic heterocycles. The topological polar surface area (TPSA) is 86.7 Å². The lowest BCUT2D eigenvalue weighted by Crippen LogP contribution is -2.24. The molecule has 7 heteroatoms. The average Bonchev–Trinajstić information content (AvgIpc) is 2.72. The van der Waals surface area contributed by atoms with Crippen LogP contribution in [-0.4, -0.2) is 26.0 Å². The van der Waals surface area contributed by atoms with Crippen molar-refractivity contribution >= 4 is 27.4 Å². The number of hydrogen-bond acceptors (Lipinski definition) is 4. The summed E-state index contributed by atoms with van der Waals surface area (Å²) in [6, 6.07) is 20.9. The number of hydrogen-bond donors (Lipinski definition) is 2. The number of nitrogens with one attached hydrogen (secondary N) is 1. The molecular formula is C23H24N2O4S. The van der Waals surface area contributed by atoms with Crippen LogP contribution in [0.15, 0.2) is 77.7 Å². The number of carboxylic acids is 1. The Kier molecular flexibility index (Phi) is 6.42. The van der Waals surface area contributed by atoms with E-state index in [1.54, 1.807) is 24.3 Å². The van der Waals surface area contributed by atoms with E-state index in [9.17, 15) is 18.3 Å². The maximum absolute atomic E-state index is 12.7. The van der Waals surface area contributed by atoms with Crippen LogP contribution in [0.1, 0.15) is 28.4 Å². The zero-order valence-electron chi connectivity index (χ0n) is 16.9. The maximum atomic E-state index is 12.7. The predicted octanol–water partition coefficient (Wildman–Crippen LogP) is 4.52. The van der Waals surface area contributed by atoms with E-state index < -0.39 is 16.0 Å². The second-order valence-corrected chi connectivity index (χ2v) is 8.64. The number of sulfonamides is 1. The molecule has 2 N–H and O–H groups in total. The van der Waals surface area contributed by atoms with Crippen molar-refractivity contribution in [2.24, 2.45) is 0 Å². The van der Waals surface area contributed by atoms with Gasteiger partial charge in [-0.15, -0.1) is 0 Å². The fourth-order valence-corrected chi connectivity index (χ4v) is 4.37. The van der Waals surface area contributed by atoms with Gasteiger partial charge in [-0.05, 0) is 55.3 Å². The Bertz CT molecular complexity index is 1140. The van der Waals surface area contributed by atoms with Crippen molar-refractivity contribution in [1.82, 2.24) is 0 Å². The normalized spacial score (nSPS) is 11.1. The molecule has 0 spiro atoms. The summed E-state index contributed by atoms with van der Waals surface area (Å²) in [7, 11) is -3.82. The average molecular weight is 425 g/mol. The highest BCUT2D eigenvalue weighted by atomic mass is 32.2. The fraction of sp³-hybridized carbons (Fsp3) is 0.174. The highest BCUT2D eigenvalue weighted by molar-refractivity contribution is 7.92. The summed E-state index contributed by atoms with van der Waals surface area (Å²) >= 11 is 0. The molecule has 0 aliphatic carbocycles. The van der Waals surface area contributed by atoms with E-state index in [0.29, 0.717) is 18.8 Å². The van der Waals surface area contributed by atoms with Gasteiger partial charge in [0.05, 0.1) is 16.1 Å². The van der Waals surface area contributed by atoms with Crippen molar-refractivity contribution in [3.63, 3.8) is 0 Å². The number of nitrogens with zero attached hydrogens (tertiary/aromatic N) is 1. The monoisotopic (exact) mass is 424 g/mol. The van der Waals surface area contributed by atoms with Gasteiger partial charge in [-0.25, -0.2) is 13.2 Å². The molecule has 0 heterocycles. The first kappa shape index (κ1) is 21.4. The molecule has 0 radical (unpaired) electrons. The molecule has 0 saturated heterocycles. The maximum Gasteiger partial charge on any atom is 0.337 e. The summed E-state index contributed by atoms with van der Waals surface area (Å²) < 4.78 is 27.8. The molecule has 3 rings (SSSR count). The number of benzene rings is 3. The van der Waals surface area contributed by atoms with E-state index in [1.165, 1.54) is 12.1 Å². The molecule has 156 valence electrons. The van der Waals surface area contributed by atoms with Gasteiger partial charge in [0.25, 0.3) is 10.0 Å². The standard InChI is InChI=1S/C23H24N2O4S/c1-3-25(16-18-9-5-4-6-10-18)22-13-12-19(15-21(22)23(26)27)24-30(28,29)20-11-7-8-17(2)14-20/h4-15,24H,3,16H2,1-2H3,(H,26,27). The zero-order chi connectivity index (χ0) is 21.7. The van der Waals surface area contributed by atoms with Crippen molar-refractivity contribution in [3.8, 4) is 0 Å². The van der Waals surface area contributed by atoms with E-state index in [-0.39, 0.29) is 16.1 Å². The van der Waals surface area contributed by atoms with Crippen molar-refractivity contribution in [3.05, 3.63) is 89.5 Å². The molecule has 0 aliphatic heterocycles. The summed E-state index contributed by atoms with van der Waals surface area (Å²) in [5.41, 5.74) is 2.65. The van der Waals surface area contributed by atoms with Crippen LogP contribution in [0.5, 0.6) is 0 Å². The van der Waals surface area contributed by atoms with Gasteiger partial charge >= 0.3 is 5.97 Å². The molecule has 0 amide bonds. The minimum absolute atomic E-state index is 0.0391. The Morgan fingerprint density at radius 3 is 2.37 bits per heavy atom. The van der Waals surface area contributed by atoms with E-state index in [0.717, 1.165) is 11.1 Å². The molecule has 0 fully saturated rings. The third-order valence-electron chi connectivity index (χ3n) is 4.72. The van der Waals surface area contributed by atoms with Crippen molar-refractivity contribution in [2.75, 3.05) is 16.2 Å². The Hall–Kier alpha value is -3.32. The number of aryl methyl sites for hydroxylation is 1. The van der Waals surface area contributed by atoms with Crippen LogP contribution in [0.4, 0.5) is 11.4 Å². The molecule has 0 unspecified atom stereocenters. The van der Waals surface area contributed by atoms with Crippen molar-refractivity contribution in [1.29, 1.82) is 0 Å². The molecule has 3 aromatic carbocycles. The summed E-state index contributed by atoms with van der Waals surface area (Å²) in [5.74, 6) is -1.12. The van der Waals surface area contributed by atoms with Gasteiger partial charge in [0.1, 0.15) is 0 Å². The SMILES string of the molecule is CCN(Cc1ccccc1)c1ccc(NS(=O)(=O)c2cccc(C)c2)cc1C(=O)O. The predicted molar refractivity (Wildman–Crippen MR) is 119 cm³/mol. The van der Waals surface area contributed by atoms with Crippen LogP contribution in [0.3, 0.4) is 0 Å². The second-order valence-electron chi connectivity index (χ2n) is 6.96. The van der Waals surface area contributed by atoms with Gasteiger partial charge in [-0.3, -0.25) is 4.72 Å². The van der Waals surface area contributed by atoms with Gasteiger partial charge in [-0.2, -0.15) is 0 Å². The Morgan fingerprint density at radius 2 is 1.73 bits per heavy atom. The third kappa shape index (κ3) is 4.99. The highest BCUT2D eigenvalue weighted by Gasteiger charge is 2.19. The fourth-order valence-electron chi connectivity index (χ4n) is 3.21. The van der Waals surface area contributed by atoms with Gasteiger partial charge in [0, 0.05) is 18.8 Å². The molecule has 6 nitrogen and oxygen atoms in total. The van der Waals surface area contributed by atoms with E-state index in [2.05, 4.69) is 4.72 Å². The van der Waals surface area contributed by atoms with Crippen LogP contribution in [0, 0.1) is 6.92 Å². The van der Waals surface area contributed by atoms with E-state index >= 15 is 0 Å². The lowest BCUT2D eigenvalue weighted by molar-refractivity contribution is 0.0697. The zero-order valence-corrected chi connectivity index (χ0v) is 17.7. The van der Waals surface area contributed by atoms with Gasteiger partial charge in [0.15, 0.2) is 0 Å². The number of carboxylic acid groups (broad SMARTS) is 1. The van der Waals surface area contributed by atoms with Gasteiger partial charge < -0.3 is 10.0 Å². The number of rotatable bonds is 8. The van der Waals surface area contributed by atoms with Crippen LogP contribution in [0.2, 0.25) is 0 Å². The summed E-state index contributed by atoms with van der Waals surface area (Å²) in [4.78, 5) is 14.0. The lowest BCUT2D eigenvalue weighted by Gasteiger charge is -2.25. The third-order valence-corrected chi connectivity index (χ3v) is 6.10. The first-order chi connectivity index (χ1) is 14.3. The van der Waals surface area contributed by atoms with E-state index in [4.69, 9.17) is 0 Å². The highest BCUT2D eigenvalue weighted by Crippen LogP contribution is 2.27. The Morgan fingerprint density at radius 1 is 1.00 bits per heavy atom. The minimum atomic E-state index is -3.82. The summed E-state index contributed by atoms with van der Waals surface area (Å²) in [5, 5.41) is 9.75. The quantitative estimate of drug-likeness (QED) is 0.555. The van der Waals surface area contributed by atoms with Crippen LogP contribution < -0.4 is 9.62 Å². The Balaban J connectivity index is 1.92. The molecule has 0 atom stereocenters. The molecular weight excluding hydrogens is 400 g/mol. The van der Waals surface area contributed by atoms with Crippen LogP contribution in [0.25, 0.3) is 0 Å². The van der Waals surface area contributed by atoms with E-state index in [1.807, 2.05) is 55.1 Å². The summed E-state index contributed by atoms with van der Waals surface area (Å²) in [6.07, 6.45) is 0. The van der Waals surface area contributed by atoms with Crippen molar-refractivity contribution < 1.29 is 18.3 Å². The van der Waals surface area contributed by atoms with Gasteiger partial charge in [-0.1, -0.05) is 42.5 Å². The Labute approximate surface area is 176 Å². The molecule has 3 aromatic rings. The summed E-state index contributed by atoms with van der Waals surface area (Å²) in [6.45, 7) is 4.90. The number of carbonyl (C=O) groups is 1. The number of aromatic carboxylic acids is 1. The van der Waals surface area contributed by atoms with Crippen LogP contribution in [-0.2, 0) is 16.6 Å². The molecule has 0 bridgehead atoms. The second kappa shape index (κ2) is 9.00. The largest absolute Gasteiger partial charge is 0.478 e. The van der Waals surface area contributed by atoms with Gasteiger partial charge in [0.2, 0.25) is 0 Å². The minimum Gasteiger partial charge on any atom is -0.478 e. The first-order valence-electron chi connectivity index (χ1n) is 9.56. The molecule has 0 aliphatic rings.